The van der Waals surface area contributed by atoms with Crippen LogP contribution in [0.2, 0.25) is 0 Å². The van der Waals surface area contributed by atoms with Crippen molar-refractivity contribution in [3.8, 4) is 0 Å². The molecule has 6 nitrogen and oxygen atoms in total. The van der Waals surface area contributed by atoms with E-state index in [4.69, 9.17) is 14.3 Å². The van der Waals surface area contributed by atoms with Gasteiger partial charge in [-0.1, -0.05) is 5.16 Å². The quantitative estimate of drug-likeness (QED) is 0.642. The predicted molar refractivity (Wildman–Crippen MR) is 56.8 cm³/mol. The van der Waals surface area contributed by atoms with E-state index in [0.29, 0.717) is 18.9 Å². The summed E-state index contributed by atoms with van der Waals surface area (Å²) in [6.45, 7) is 5.92. The van der Waals surface area contributed by atoms with Gasteiger partial charge in [0.05, 0.1) is 18.2 Å². The van der Waals surface area contributed by atoms with Gasteiger partial charge in [0, 0.05) is 13.2 Å². The van der Waals surface area contributed by atoms with E-state index >= 15 is 0 Å². The molecule has 0 spiro atoms. The largest absolute Gasteiger partial charge is 0.387 e. The van der Waals surface area contributed by atoms with Gasteiger partial charge in [-0.2, -0.15) is 0 Å². The summed E-state index contributed by atoms with van der Waals surface area (Å²) in [5.74, 6) is -1.64. The molecule has 1 rings (SSSR count). The SMILES string of the molecule is CCOC(OCC)C1(O)CC(C(C)O)=NO1. The summed E-state index contributed by atoms with van der Waals surface area (Å²) in [4.78, 5) is 4.92. The van der Waals surface area contributed by atoms with Gasteiger partial charge < -0.3 is 24.5 Å². The van der Waals surface area contributed by atoms with Gasteiger partial charge in [-0.05, 0) is 20.8 Å². The van der Waals surface area contributed by atoms with Gasteiger partial charge in [0.15, 0.2) is 0 Å². The lowest BCUT2D eigenvalue weighted by molar-refractivity contribution is -0.325. The Morgan fingerprint density at radius 2 is 2.00 bits per heavy atom. The zero-order valence-corrected chi connectivity index (χ0v) is 9.84. The average Bonchev–Trinajstić information content (AvgIpc) is 2.62. The summed E-state index contributed by atoms with van der Waals surface area (Å²) in [7, 11) is 0. The van der Waals surface area contributed by atoms with Crippen LogP contribution in [0.25, 0.3) is 0 Å². The first-order valence-corrected chi connectivity index (χ1v) is 5.42. The Bertz CT molecular complexity index is 250. The summed E-state index contributed by atoms with van der Waals surface area (Å²) in [6, 6.07) is 0. The van der Waals surface area contributed by atoms with Crippen molar-refractivity contribution in [3.63, 3.8) is 0 Å². The molecule has 0 aromatic rings. The van der Waals surface area contributed by atoms with Gasteiger partial charge in [-0.3, -0.25) is 0 Å². The molecule has 6 heteroatoms. The molecule has 1 aliphatic heterocycles. The number of aliphatic hydroxyl groups is 2. The van der Waals surface area contributed by atoms with E-state index in [1.807, 2.05) is 0 Å². The van der Waals surface area contributed by atoms with Gasteiger partial charge in [0.2, 0.25) is 6.29 Å². The van der Waals surface area contributed by atoms with Crippen molar-refractivity contribution in [1.29, 1.82) is 0 Å². The van der Waals surface area contributed by atoms with E-state index in [2.05, 4.69) is 5.16 Å². The van der Waals surface area contributed by atoms with Crippen molar-refractivity contribution in [2.24, 2.45) is 5.16 Å². The van der Waals surface area contributed by atoms with Crippen LogP contribution in [0.4, 0.5) is 0 Å². The van der Waals surface area contributed by atoms with E-state index in [9.17, 15) is 10.2 Å². The molecule has 0 aromatic carbocycles. The highest BCUT2D eigenvalue weighted by Crippen LogP contribution is 2.28. The molecule has 0 bridgehead atoms. The summed E-state index contributed by atoms with van der Waals surface area (Å²) < 4.78 is 10.5. The van der Waals surface area contributed by atoms with E-state index in [1.165, 1.54) is 0 Å². The molecular weight excluding hydrogens is 214 g/mol. The summed E-state index contributed by atoms with van der Waals surface area (Å²) >= 11 is 0. The van der Waals surface area contributed by atoms with Crippen LogP contribution in [0.15, 0.2) is 5.16 Å². The van der Waals surface area contributed by atoms with Crippen molar-refractivity contribution in [2.75, 3.05) is 13.2 Å². The molecule has 0 aliphatic carbocycles. The molecule has 0 fully saturated rings. The van der Waals surface area contributed by atoms with Crippen LogP contribution < -0.4 is 0 Å². The molecule has 2 atom stereocenters. The van der Waals surface area contributed by atoms with Gasteiger partial charge in [-0.15, -0.1) is 0 Å². The molecule has 0 radical (unpaired) electrons. The lowest BCUT2D eigenvalue weighted by Crippen LogP contribution is -2.46. The Labute approximate surface area is 94.8 Å². The van der Waals surface area contributed by atoms with Crippen molar-refractivity contribution < 1.29 is 24.5 Å². The molecule has 1 aliphatic rings. The number of aliphatic hydroxyl groups excluding tert-OH is 1. The number of oxime groups is 1. The third-order valence-electron chi connectivity index (χ3n) is 2.24. The van der Waals surface area contributed by atoms with Crippen molar-refractivity contribution in [1.82, 2.24) is 0 Å². The maximum Gasteiger partial charge on any atom is 0.291 e. The summed E-state index contributed by atoms with van der Waals surface area (Å²) in [6.07, 6.45) is -1.57. The number of nitrogens with zero attached hydrogens (tertiary/aromatic N) is 1. The second-order valence-electron chi connectivity index (χ2n) is 3.61. The fourth-order valence-corrected chi connectivity index (χ4v) is 1.42. The van der Waals surface area contributed by atoms with Crippen molar-refractivity contribution >= 4 is 5.71 Å². The lowest BCUT2D eigenvalue weighted by Gasteiger charge is -2.29. The minimum Gasteiger partial charge on any atom is -0.387 e. The second-order valence-corrected chi connectivity index (χ2v) is 3.61. The Kier molecular flexibility index (Phi) is 4.67. The van der Waals surface area contributed by atoms with Crippen LogP contribution in [0.5, 0.6) is 0 Å². The van der Waals surface area contributed by atoms with Gasteiger partial charge in [0.25, 0.3) is 5.79 Å². The normalized spacial score (nSPS) is 26.8. The first kappa shape index (κ1) is 13.4. The minimum absolute atomic E-state index is 0.0787. The van der Waals surface area contributed by atoms with E-state index in [-0.39, 0.29) is 6.42 Å². The molecule has 0 saturated carbocycles. The fraction of sp³-hybridized carbons (Fsp3) is 0.900. The maximum atomic E-state index is 10.1. The Balaban J connectivity index is 2.64. The Hall–Kier alpha value is -0.690. The van der Waals surface area contributed by atoms with Crippen molar-refractivity contribution in [2.45, 2.75) is 45.4 Å². The third kappa shape index (κ3) is 2.91. The number of hydrogen-bond acceptors (Lipinski definition) is 6. The van der Waals surface area contributed by atoms with Crippen LogP contribution in [0, 0.1) is 0 Å². The van der Waals surface area contributed by atoms with E-state index in [1.54, 1.807) is 20.8 Å². The fourth-order valence-electron chi connectivity index (χ4n) is 1.42. The minimum atomic E-state index is -1.64. The second kappa shape index (κ2) is 5.58. The van der Waals surface area contributed by atoms with Crippen LogP contribution in [-0.2, 0) is 14.3 Å². The van der Waals surface area contributed by atoms with E-state index in [0.717, 1.165) is 0 Å². The highest BCUT2D eigenvalue weighted by atomic mass is 16.8. The van der Waals surface area contributed by atoms with Gasteiger partial charge in [-0.25, -0.2) is 0 Å². The Morgan fingerprint density at radius 1 is 1.44 bits per heavy atom. The smallest absolute Gasteiger partial charge is 0.291 e. The summed E-state index contributed by atoms with van der Waals surface area (Å²) in [5, 5.41) is 23.1. The molecule has 1 heterocycles. The molecule has 0 amide bonds. The topological polar surface area (TPSA) is 80.5 Å². The highest BCUT2D eigenvalue weighted by Gasteiger charge is 2.47. The monoisotopic (exact) mass is 233 g/mol. The number of ether oxygens (including phenoxy) is 2. The first-order valence-electron chi connectivity index (χ1n) is 5.42. The molecule has 0 aromatic heterocycles. The lowest BCUT2D eigenvalue weighted by atomic mass is 10.1. The molecular formula is C10H19NO5. The number of hydrogen-bond donors (Lipinski definition) is 2. The van der Waals surface area contributed by atoms with Crippen LogP contribution >= 0.6 is 0 Å². The van der Waals surface area contributed by atoms with Crippen LogP contribution in [0.3, 0.4) is 0 Å². The third-order valence-corrected chi connectivity index (χ3v) is 2.24. The average molecular weight is 233 g/mol. The van der Waals surface area contributed by atoms with E-state index < -0.39 is 18.2 Å². The van der Waals surface area contributed by atoms with Crippen LogP contribution in [-0.4, -0.2) is 47.3 Å². The zero-order chi connectivity index (χ0) is 12.2. The predicted octanol–water partition coefficient (Wildman–Crippen LogP) is 0.231. The Morgan fingerprint density at radius 3 is 2.38 bits per heavy atom. The van der Waals surface area contributed by atoms with Crippen molar-refractivity contribution in [3.05, 3.63) is 0 Å². The highest BCUT2D eigenvalue weighted by molar-refractivity contribution is 5.89. The molecule has 0 saturated heterocycles. The number of rotatable bonds is 6. The van der Waals surface area contributed by atoms with Gasteiger partial charge in [0.1, 0.15) is 0 Å². The van der Waals surface area contributed by atoms with Gasteiger partial charge >= 0.3 is 0 Å². The maximum absolute atomic E-state index is 10.1. The molecule has 2 unspecified atom stereocenters. The standard InChI is InChI=1S/C10H19NO5/c1-4-14-9(15-5-2)10(13)6-8(7(3)12)11-16-10/h7,9,12-13H,4-6H2,1-3H3. The molecule has 2 N–H and O–H groups in total. The molecule has 16 heavy (non-hydrogen) atoms. The summed E-state index contributed by atoms with van der Waals surface area (Å²) in [5.41, 5.74) is 0.381. The first-order chi connectivity index (χ1) is 7.53. The zero-order valence-electron chi connectivity index (χ0n) is 9.84. The van der Waals surface area contributed by atoms with Crippen LogP contribution in [0.1, 0.15) is 27.2 Å². The molecule has 94 valence electrons.